The Hall–Kier alpha value is -0.710. The van der Waals surface area contributed by atoms with Crippen LogP contribution in [0.3, 0.4) is 0 Å². The number of likely N-dealkylation sites (N-methyl/N-ethyl adjacent to an activating group) is 1. The van der Waals surface area contributed by atoms with Crippen LogP contribution in [0.1, 0.15) is 32.6 Å². The topological polar surface area (TPSA) is 40.2 Å². The van der Waals surface area contributed by atoms with Crippen LogP contribution < -0.4 is 10.6 Å². The van der Waals surface area contributed by atoms with E-state index in [2.05, 4.69) is 34.5 Å². The van der Waals surface area contributed by atoms with Crippen molar-refractivity contribution < 1.29 is 0 Å². The molecule has 118 valence electrons. The first-order chi connectivity index (χ1) is 10.1. The second-order valence-electron chi connectivity index (χ2n) is 5.59. The van der Waals surface area contributed by atoms with Crippen LogP contribution in [0.15, 0.2) is 6.07 Å². The van der Waals surface area contributed by atoms with E-state index < -0.39 is 0 Å². The number of hydrogen-bond acceptors (Lipinski definition) is 4. The Labute approximate surface area is 137 Å². The average molecular weight is 331 g/mol. The van der Waals surface area contributed by atoms with Crippen molar-refractivity contribution in [3.05, 3.63) is 16.1 Å². The van der Waals surface area contributed by atoms with Crippen molar-refractivity contribution in [2.75, 3.05) is 37.3 Å². The minimum Gasteiger partial charge on any atom is -0.369 e. The number of hydrogen-bond donors (Lipinski definition) is 2. The number of likely N-dealkylation sites (tertiary alicyclic amines) is 1. The highest BCUT2D eigenvalue weighted by molar-refractivity contribution is 6.37. The fourth-order valence-corrected chi connectivity index (χ4v) is 3.07. The molecule has 2 heterocycles. The standard InChI is InChI=1S/C15H24Cl2N4/c1-3-7-18-14-12(16)9-13(17)15(20-14)19-10-11-6-4-5-8-21(11)2/h9,11H,3-8,10H2,1-2H3,(H2,18,19,20). The molecule has 0 saturated carbocycles. The molecule has 0 amide bonds. The van der Waals surface area contributed by atoms with E-state index in [1.807, 2.05) is 0 Å². The van der Waals surface area contributed by atoms with Gasteiger partial charge in [0.25, 0.3) is 0 Å². The summed E-state index contributed by atoms with van der Waals surface area (Å²) >= 11 is 12.4. The van der Waals surface area contributed by atoms with Crippen molar-refractivity contribution >= 4 is 34.8 Å². The summed E-state index contributed by atoms with van der Waals surface area (Å²) in [7, 11) is 2.18. The van der Waals surface area contributed by atoms with Gasteiger partial charge in [0.1, 0.15) is 11.6 Å². The molecular formula is C15H24Cl2N4. The SMILES string of the molecule is CCCNc1nc(NCC2CCCCN2C)c(Cl)cc1Cl. The number of halogens is 2. The fraction of sp³-hybridized carbons (Fsp3) is 0.667. The number of rotatable bonds is 6. The van der Waals surface area contributed by atoms with E-state index in [9.17, 15) is 0 Å². The Kier molecular flexibility index (Phi) is 6.40. The summed E-state index contributed by atoms with van der Waals surface area (Å²) < 4.78 is 0. The van der Waals surface area contributed by atoms with Crippen molar-refractivity contribution in [3.63, 3.8) is 0 Å². The molecular weight excluding hydrogens is 307 g/mol. The average Bonchev–Trinajstić information content (AvgIpc) is 2.47. The van der Waals surface area contributed by atoms with Crippen molar-refractivity contribution in [2.24, 2.45) is 0 Å². The summed E-state index contributed by atoms with van der Waals surface area (Å²) in [6.07, 6.45) is 4.83. The Balaban J connectivity index is 2.01. The second-order valence-corrected chi connectivity index (χ2v) is 6.40. The summed E-state index contributed by atoms with van der Waals surface area (Å²) in [5.41, 5.74) is 0. The third-order valence-electron chi connectivity index (χ3n) is 3.90. The first-order valence-electron chi connectivity index (χ1n) is 7.65. The van der Waals surface area contributed by atoms with Crippen molar-refractivity contribution in [3.8, 4) is 0 Å². The van der Waals surface area contributed by atoms with Gasteiger partial charge in [-0.05, 0) is 38.9 Å². The lowest BCUT2D eigenvalue weighted by Gasteiger charge is -2.32. The van der Waals surface area contributed by atoms with Gasteiger partial charge in [-0.1, -0.05) is 36.5 Å². The molecule has 0 spiro atoms. The number of aromatic nitrogens is 1. The summed E-state index contributed by atoms with van der Waals surface area (Å²) in [6, 6.07) is 2.29. The first-order valence-corrected chi connectivity index (χ1v) is 8.41. The fourth-order valence-electron chi connectivity index (χ4n) is 2.57. The van der Waals surface area contributed by atoms with Gasteiger partial charge < -0.3 is 15.5 Å². The molecule has 1 aliphatic rings. The molecule has 1 saturated heterocycles. The van der Waals surface area contributed by atoms with Crippen LogP contribution in [-0.2, 0) is 0 Å². The van der Waals surface area contributed by atoms with Crippen LogP contribution >= 0.6 is 23.2 Å². The molecule has 0 aliphatic carbocycles. The van der Waals surface area contributed by atoms with Crippen LogP contribution in [0.5, 0.6) is 0 Å². The predicted octanol–water partition coefficient (Wildman–Crippen LogP) is 4.11. The molecule has 2 N–H and O–H groups in total. The van der Waals surface area contributed by atoms with Crippen molar-refractivity contribution in [2.45, 2.75) is 38.6 Å². The third kappa shape index (κ3) is 4.63. The van der Waals surface area contributed by atoms with E-state index in [1.54, 1.807) is 6.07 Å². The number of piperidine rings is 1. The monoisotopic (exact) mass is 330 g/mol. The van der Waals surface area contributed by atoms with Gasteiger partial charge in [0.2, 0.25) is 0 Å². The molecule has 4 nitrogen and oxygen atoms in total. The molecule has 0 radical (unpaired) electrons. The number of anilines is 2. The third-order valence-corrected chi connectivity index (χ3v) is 4.47. The van der Waals surface area contributed by atoms with E-state index >= 15 is 0 Å². The number of nitrogens with one attached hydrogen (secondary N) is 2. The van der Waals surface area contributed by atoms with Crippen LogP contribution in [0.25, 0.3) is 0 Å². The minimum absolute atomic E-state index is 0.541. The highest BCUT2D eigenvalue weighted by Crippen LogP contribution is 2.29. The van der Waals surface area contributed by atoms with Crippen LogP contribution in [0, 0.1) is 0 Å². The molecule has 1 aromatic heterocycles. The van der Waals surface area contributed by atoms with Gasteiger partial charge in [-0.2, -0.15) is 0 Å². The second kappa shape index (κ2) is 8.06. The molecule has 1 aromatic rings. The highest BCUT2D eigenvalue weighted by atomic mass is 35.5. The predicted molar refractivity (Wildman–Crippen MR) is 91.8 cm³/mol. The zero-order chi connectivity index (χ0) is 15.2. The van der Waals surface area contributed by atoms with Crippen LogP contribution in [-0.4, -0.2) is 42.6 Å². The Morgan fingerprint density at radius 2 is 1.95 bits per heavy atom. The van der Waals surface area contributed by atoms with Gasteiger partial charge >= 0.3 is 0 Å². The van der Waals surface area contributed by atoms with Crippen molar-refractivity contribution in [1.29, 1.82) is 0 Å². The highest BCUT2D eigenvalue weighted by Gasteiger charge is 2.19. The van der Waals surface area contributed by atoms with Gasteiger partial charge in [0, 0.05) is 19.1 Å². The lowest BCUT2D eigenvalue weighted by Crippen LogP contribution is -2.40. The van der Waals surface area contributed by atoms with Crippen LogP contribution in [0.4, 0.5) is 11.6 Å². The summed E-state index contributed by atoms with van der Waals surface area (Å²) in [6.45, 7) is 4.98. The van der Waals surface area contributed by atoms with Gasteiger partial charge in [-0.15, -0.1) is 0 Å². The van der Waals surface area contributed by atoms with E-state index in [-0.39, 0.29) is 0 Å². The van der Waals surface area contributed by atoms with E-state index in [1.165, 1.54) is 19.3 Å². The zero-order valence-electron chi connectivity index (χ0n) is 12.8. The van der Waals surface area contributed by atoms with Crippen LogP contribution in [0.2, 0.25) is 10.0 Å². The maximum absolute atomic E-state index is 6.24. The van der Waals surface area contributed by atoms with E-state index in [4.69, 9.17) is 23.2 Å². The molecule has 1 fully saturated rings. The maximum atomic E-state index is 6.24. The molecule has 21 heavy (non-hydrogen) atoms. The molecule has 6 heteroatoms. The van der Waals surface area contributed by atoms with Crippen molar-refractivity contribution in [1.82, 2.24) is 9.88 Å². The number of pyridine rings is 1. The lowest BCUT2D eigenvalue weighted by molar-refractivity contribution is 0.194. The molecule has 1 atom stereocenters. The quantitative estimate of drug-likeness (QED) is 0.823. The zero-order valence-corrected chi connectivity index (χ0v) is 14.3. The largest absolute Gasteiger partial charge is 0.369 e. The minimum atomic E-state index is 0.541. The van der Waals surface area contributed by atoms with Gasteiger partial charge in [-0.25, -0.2) is 4.98 Å². The molecule has 0 bridgehead atoms. The van der Waals surface area contributed by atoms with Gasteiger partial charge in [-0.3, -0.25) is 0 Å². The smallest absolute Gasteiger partial charge is 0.147 e. The molecule has 1 unspecified atom stereocenters. The summed E-state index contributed by atoms with van der Waals surface area (Å²) in [4.78, 5) is 6.91. The number of nitrogens with zero attached hydrogens (tertiary/aromatic N) is 2. The first kappa shape index (κ1) is 16.7. The molecule has 0 aromatic carbocycles. The van der Waals surface area contributed by atoms with E-state index in [0.29, 0.717) is 27.7 Å². The maximum Gasteiger partial charge on any atom is 0.147 e. The lowest BCUT2D eigenvalue weighted by atomic mass is 10.0. The van der Waals surface area contributed by atoms with E-state index in [0.717, 1.165) is 26.1 Å². The van der Waals surface area contributed by atoms with Gasteiger partial charge in [0.15, 0.2) is 0 Å². The normalized spacial score (nSPS) is 19.5. The molecule has 1 aliphatic heterocycles. The summed E-state index contributed by atoms with van der Waals surface area (Å²) in [5, 5.41) is 7.73. The molecule has 2 rings (SSSR count). The Bertz CT molecular complexity index is 467. The van der Waals surface area contributed by atoms with Gasteiger partial charge in [0.05, 0.1) is 10.0 Å². The Morgan fingerprint density at radius 3 is 2.62 bits per heavy atom. The Morgan fingerprint density at radius 1 is 1.24 bits per heavy atom. The summed E-state index contributed by atoms with van der Waals surface area (Å²) in [5.74, 6) is 1.40.